The maximum atomic E-state index is 13.1. The Balaban J connectivity index is 1.97. The van der Waals surface area contributed by atoms with E-state index in [-0.39, 0.29) is 17.6 Å². The number of rotatable bonds is 5. The molecule has 2 N–H and O–H groups in total. The fraction of sp³-hybridized carbons (Fsp3) is 0.235. The van der Waals surface area contributed by atoms with Gasteiger partial charge in [0.25, 0.3) is 5.91 Å². The third-order valence-electron chi connectivity index (χ3n) is 3.65. The monoisotopic (exact) mass is 305 g/mol. The van der Waals surface area contributed by atoms with Gasteiger partial charge in [-0.1, -0.05) is 30.3 Å². The quantitative estimate of drug-likeness (QED) is 0.870. The van der Waals surface area contributed by atoms with Gasteiger partial charge in [0.05, 0.1) is 7.05 Å². The first-order valence-corrected chi connectivity index (χ1v) is 7.09. The summed E-state index contributed by atoms with van der Waals surface area (Å²) >= 11 is 0. The summed E-state index contributed by atoms with van der Waals surface area (Å²) in [6.07, 6.45) is 0. The molecule has 0 aromatic heterocycles. The van der Waals surface area contributed by atoms with Crippen molar-refractivity contribution in [3.05, 3.63) is 65.7 Å². The number of halogens is 2. The first-order valence-electron chi connectivity index (χ1n) is 7.09. The second-order valence-corrected chi connectivity index (χ2v) is 5.35. The summed E-state index contributed by atoms with van der Waals surface area (Å²) in [5, 5.41) is 2.61. The van der Waals surface area contributed by atoms with Crippen LogP contribution in [0.5, 0.6) is 0 Å². The molecule has 0 spiro atoms. The Morgan fingerprint density at radius 3 is 2.45 bits per heavy atom. The predicted octanol–water partition coefficient (Wildman–Crippen LogP) is 2.01. The number of benzene rings is 2. The zero-order valence-electron chi connectivity index (χ0n) is 12.6. The van der Waals surface area contributed by atoms with E-state index in [0.717, 1.165) is 22.6 Å². The van der Waals surface area contributed by atoms with Crippen LogP contribution >= 0.6 is 0 Å². The molecule has 5 heteroatoms. The summed E-state index contributed by atoms with van der Waals surface area (Å²) in [5.74, 6) is -2.15. The van der Waals surface area contributed by atoms with Gasteiger partial charge in [-0.05, 0) is 19.1 Å². The van der Waals surface area contributed by atoms with Gasteiger partial charge in [-0.25, -0.2) is 8.78 Å². The van der Waals surface area contributed by atoms with Gasteiger partial charge in [-0.15, -0.1) is 0 Å². The van der Waals surface area contributed by atoms with E-state index in [2.05, 4.69) is 5.32 Å². The number of likely N-dealkylation sites (N-methyl/N-ethyl adjacent to an activating group) is 1. The van der Waals surface area contributed by atoms with Gasteiger partial charge in [0.15, 0.2) is 17.7 Å². The van der Waals surface area contributed by atoms with Crippen LogP contribution in [0.4, 0.5) is 14.5 Å². The highest BCUT2D eigenvalue weighted by Crippen LogP contribution is 2.13. The Bertz CT molecular complexity index is 646. The topological polar surface area (TPSA) is 33.5 Å². The number of nitrogens with one attached hydrogen (secondary N) is 2. The fourth-order valence-electron chi connectivity index (χ4n) is 2.12. The van der Waals surface area contributed by atoms with Crippen molar-refractivity contribution in [2.24, 2.45) is 0 Å². The number of carbonyl (C=O) groups excluding carboxylic acids is 1. The van der Waals surface area contributed by atoms with Gasteiger partial charge in [0.2, 0.25) is 0 Å². The normalized spacial score (nSPS) is 13.5. The number of hydrogen-bond acceptors (Lipinski definition) is 1. The smallest absolute Gasteiger partial charge is 0.282 e. The summed E-state index contributed by atoms with van der Waals surface area (Å²) in [6.45, 7) is 2.50. The van der Waals surface area contributed by atoms with E-state index in [9.17, 15) is 13.6 Å². The van der Waals surface area contributed by atoms with Gasteiger partial charge in [-0.3, -0.25) is 4.79 Å². The molecule has 0 saturated heterocycles. The van der Waals surface area contributed by atoms with E-state index in [1.165, 1.54) is 6.07 Å². The molecule has 22 heavy (non-hydrogen) atoms. The second-order valence-electron chi connectivity index (χ2n) is 5.35. The van der Waals surface area contributed by atoms with E-state index >= 15 is 0 Å². The Hall–Kier alpha value is -2.27. The molecule has 2 atom stereocenters. The number of carbonyl (C=O) groups is 1. The Morgan fingerprint density at radius 1 is 1.14 bits per heavy atom. The van der Waals surface area contributed by atoms with Crippen LogP contribution in [-0.4, -0.2) is 19.0 Å². The van der Waals surface area contributed by atoms with Gasteiger partial charge >= 0.3 is 0 Å². The highest BCUT2D eigenvalue weighted by Gasteiger charge is 2.22. The largest absolute Gasteiger partial charge is 0.324 e. The van der Waals surface area contributed by atoms with Crippen molar-refractivity contribution in [1.29, 1.82) is 0 Å². The average molecular weight is 305 g/mol. The maximum absolute atomic E-state index is 13.1. The lowest BCUT2D eigenvalue weighted by Crippen LogP contribution is -3.12. The molecule has 0 aliphatic carbocycles. The van der Waals surface area contributed by atoms with Crippen molar-refractivity contribution in [2.45, 2.75) is 19.5 Å². The highest BCUT2D eigenvalue weighted by atomic mass is 19.2. The molecule has 1 unspecified atom stereocenters. The van der Waals surface area contributed by atoms with E-state index in [1.807, 2.05) is 37.4 Å². The van der Waals surface area contributed by atoms with Crippen LogP contribution in [0.2, 0.25) is 0 Å². The first-order chi connectivity index (χ1) is 10.5. The highest BCUT2D eigenvalue weighted by molar-refractivity contribution is 5.93. The number of amides is 1. The summed E-state index contributed by atoms with van der Waals surface area (Å²) in [4.78, 5) is 13.2. The molecule has 0 fully saturated rings. The molecule has 0 radical (unpaired) electrons. The molecule has 1 amide bonds. The molecule has 0 heterocycles. The SMILES string of the molecule is C[C@@H](C(=O)Nc1ccc(F)c(F)c1)[NH+](C)Cc1ccccc1. The van der Waals surface area contributed by atoms with E-state index in [4.69, 9.17) is 0 Å². The number of hydrogen-bond donors (Lipinski definition) is 2. The third kappa shape index (κ3) is 4.11. The molecule has 3 nitrogen and oxygen atoms in total. The molecule has 0 aliphatic rings. The molecular formula is C17H19F2N2O+. The summed E-state index contributed by atoms with van der Waals surface area (Å²) < 4.78 is 26.0. The lowest BCUT2D eigenvalue weighted by molar-refractivity contribution is -0.907. The van der Waals surface area contributed by atoms with Crippen LogP contribution in [0.25, 0.3) is 0 Å². The van der Waals surface area contributed by atoms with Gasteiger partial charge in [0, 0.05) is 17.3 Å². The molecule has 2 aromatic rings. The maximum Gasteiger partial charge on any atom is 0.282 e. The predicted molar refractivity (Wildman–Crippen MR) is 81.5 cm³/mol. The van der Waals surface area contributed by atoms with Crippen molar-refractivity contribution in [3.63, 3.8) is 0 Å². The molecule has 116 valence electrons. The van der Waals surface area contributed by atoms with Crippen LogP contribution in [0, 0.1) is 11.6 Å². The Labute approximate surface area is 128 Å². The van der Waals surface area contributed by atoms with E-state index < -0.39 is 11.6 Å². The van der Waals surface area contributed by atoms with Crippen molar-refractivity contribution in [1.82, 2.24) is 0 Å². The fourth-order valence-corrected chi connectivity index (χ4v) is 2.12. The first kappa shape index (κ1) is 16.1. The van der Waals surface area contributed by atoms with Crippen LogP contribution in [0.15, 0.2) is 48.5 Å². The van der Waals surface area contributed by atoms with Crippen molar-refractivity contribution >= 4 is 11.6 Å². The van der Waals surface area contributed by atoms with Gasteiger partial charge in [0.1, 0.15) is 6.54 Å². The van der Waals surface area contributed by atoms with Crippen LogP contribution < -0.4 is 10.2 Å². The van der Waals surface area contributed by atoms with Crippen molar-refractivity contribution in [2.75, 3.05) is 12.4 Å². The summed E-state index contributed by atoms with van der Waals surface area (Å²) in [6, 6.07) is 12.8. The minimum absolute atomic E-state index is 0.237. The minimum atomic E-state index is -0.976. The van der Waals surface area contributed by atoms with Gasteiger partial charge < -0.3 is 10.2 Å². The second kappa shape index (κ2) is 7.13. The number of quaternary nitrogens is 1. The van der Waals surface area contributed by atoms with Crippen LogP contribution in [0.1, 0.15) is 12.5 Å². The zero-order chi connectivity index (χ0) is 16.1. The third-order valence-corrected chi connectivity index (χ3v) is 3.65. The van der Waals surface area contributed by atoms with Crippen molar-refractivity contribution in [3.8, 4) is 0 Å². The summed E-state index contributed by atoms with van der Waals surface area (Å²) in [5.41, 5.74) is 1.38. The Kier molecular flexibility index (Phi) is 5.22. The van der Waals surface area contributed by atoms with Crippen LogP contribution in [-0.2, 0) is 11.3 Å². The van der Waals surface area contributed by atoms with Crippen LogP contribution in [0.3, 0.4) is 0 Å². The number of anilines is 1. The molecule has 2 aromatic carbocycles. The van der Waals surface area contributed by atoms with Gasteiger partial charge in [-0.2, -0.15) is 0 Å². The van der Waals surface area contributed by atoms with Crippen molar-refractivity contribution < 1.29 is 18.5 Å². The summed E-state index contributed by atoms with van der Waals surface area (Å²) in [7, 11) is 1.92. The van der Waals surface area contributed by atoms with E-state index in [0.29, 0.717) is 6.54 Å². The molecular weight excluding hydrogens is 286 g/mol. The minimum Gasteiger partial charge on any atom is -0.324 e. The lowest BCUT2D eigenvalue weighted by atomic mass is 10.2. The Morgan fingerprint density at radius 2 is 1.82 bits per heavy atom. The van der Waals surface area contributed by atoms with E-state index in [1.54, 1.807) is 6.92 Å². The molecule has 2 rings (SSSR count). The zero-order valence-corrected chi connectivity index (χ0v) is 12.6. The average Bonchev–Trinajstić information content (AvgIpc) is 2.51. The lowest BCUT2D eigenvalue weighted by Gasteiger charge is -2.21. The molecule has 0 aliphatic heterocycles. The molecule has 0 saturated carbocycles. The standard InChI is InChI=1S/C17H18F2N2O/c1-12(21(2)11-13-6-4-3-5-7-13)17(22)20-14-8-9-15(18)16(19)10-14/h3-10,12H,11H2,1-2H3,(H,20,22)/p+1/t12-/m0/s1. The molecule has 0 bridgehead atoms.